The molecule has 1 saturated carbocycles. The molecule has 0 unspecified atom stereocenters. The highest BCUT2D eigenvalue weighted by atomic mass is 35.5. The lowest BCUT2D eigenvalue weighted by Gasteiger charge is -2.44. The van der Waals surface area contributed by atoms with Gasteiger partial charge >= 0.3 is 0 Å². The van der Waals surface area contributed by atoms with Gasteiger partial charge in [-0.05, 0) is 43.4 Å². The highest BCUT2D eigenvalue weighted by Gasteiger charge is 2.38. The van der Waals surface area contributed by atoms with Gasteiger partial charge < -0.3 is 10.2 Å². The Balaban J connectivity index is 0.00000131. The van der Waals surface area contributed by atoms with E-state index in [1.54, 1.807) is 0 Å². The fourth-order valence-corrected chi connectivity index (χ4v) is 4.80. The van der Waals surface area contributed by atoms with Crippen molar-refractivity contribution in [1.82, 2.24) is 9.88 Å². The maximum atomic E-state index is 6.23. The Labute approximate surface area is 178 Å². The standard InChI is InChI=1S/C20H26ClN3O.2ClH/c1-14-23-18-7-10-24(12-19(18)25-14)17-5-8-20(13-22,9-6-17)15-3-2-4-16(21)11-15;;/h2-4,11,17H,5-10,12-13,22H2,1H3;2*1H/t17-,20-;;. The second-order valence-corrected chi connectivity index (χ2v) is 7.99. The van der Waals surface area contributed by atoms with Crippen LogP contribution in [0.4, 0.5) is 0 Å². The zero-order valence-corrected chi connectivity index (χ0v) is 18.0. The van der Waals surface area contributed by atoms with Crippen molar-refractivity contribution in [2.75, 3.05) is 13.1 Å². The minimum absolute atomic E-state index is 0. The summed E-state index contributed by atoms with van der Waals surface area (Å²) in [5, 5.41) is 0.802. The van der Waals surface area contributed by atoms with Crippen molar-refractivity contribution in [3.63, 3.8) is 0 Å². The molecule has 27 heavy (non-hydrogen) atoms. The Bertz CT molecular complexity index is 757. The van der Waals surface area contributed by atoms with E-state index in [4.69, 9.17) is 21.8 Å². The van der Waals surface area contributed by atoms with Crippen LogP contribution in [0.5, 0.6) is 0 Å². The number of hydrogen-bond donors (Lipinski definition) is 1. The van der Waals surface area contributed by atoms with E-state index in [0.29, 0.717) is 12.6 Å². The van der Waals surface area contributed by atoms with E-state index < -0.39 is 0 Å². The van der Waals surface area contributed by atoms with Gasteiger partial charge in [0.2, 0.25) is 0 Å². The van der Waals surface area contributed by atoms with Crippen LogP contribution in [0.25, 0.3) is 0 Å². The number of hydrogen-bond acceptors (Lipinski definition) is 4. The van der Waals surface area contributed by atoms with Gasteiger partial charge in [0.05, 0.1) is 12.2 Å². The fraction of sp³-hybridized carbons (Fsp3) is 0.550. The predicted molar refractivity (Wildman–Crippen MR) is 114 cm³/mol. The molecule has 2 aliphatic rings. The van der Waals surface area contributed by atoms with E-state index in [-0.39, 0.29) is 30.2 Å². The molecule has 1 aliphatic carbocycles. The van der Waals surface area contributed by atoms with Gasteiger partial charge in [0.25, 0.3) is 0 Å². The smallest absolute Gasteiger partial charge is 0.191 e. The van der Waals surface area contributed by atoms with Gasteiger partial charge in [-0.2, -0.15) is 0 Å². The van der Waals surface area contributed by atoms with Crippen LogP contribution in [-0.2, 0) is 18.4 Å². The molecule has 0 spiro atoms. The first-order valence-corrected chi connectivity index (χ1v) is 9.63. The number of fused-ring (bicyclic) bond motifs is 1. The molecule has 150 valence electrons. The molecule has 2 N–H and O–H groups in total. The third-order valence-corrected chi connectivity index (χ3v) is 6.36. The number of aromatic nitrogens is 1. The number of halogens is 3. The second kappa shape index (κ2) is 9.15. The van der Waals surface area contributed by atoms with Crippen LogP contribution in [0.15, 0.2) is 28.7 Å². The molecule has 7 heteroatoms. The number of rotatable bonds is 3. The zero-order chi connectivity index (χ0) is 17.4. The summed E-state index contributed by atoms with van der Waals surface area (Å²) in [6.07, 6.45) is 5.58. The van der Waals surface area contributed by atoms with E-state index in [0.717, 1.165) is 54.7 Å². The van der Waals surface area contributed by atoms with E-state index in [1.807, 2.05) is 19.1 Å². The maximum absolute atomic E-state index is 6.23. The Morgan fingerprint density at radius 2 is 2.04 bits per heavy atom. The lowest BCUT2D eigenvalue weighted by Crippen LogP contribution is -2.46. The normalized spacial score (nSPS) is 25.2. The number of oxazole rings is 1. The fourth-order valence-electron chi connectivity index (χ4n) is 4.61. The van der Waals surface area contributed by atoms with Gasteiger partial charge in [-0.15, -0.1) is 24.8 Å². The quantitative estimate of drug-likeness (QED) is 0.765. The Kier molecular flexibility index (Phi) is 7.62. The number of benzene rings is 1. The third-order valence-electron chi connectivity index (χ3n) is 6.12. The van der Waals surface area contributed by atoms with Crippen LogP contribution in [0.1, 0.15) is 48.6 Å². The summed E-state index contributed by atoms with van der Waals surface area (Å²) in [4.78, 5) is 7.07. The molecule has 0 atom stereocenters. The monoisotopic (exact) mass is 431 g/mol. The molecule has 1 aliphatic heterocycles. The largest absolute Gasteiger partial charge is 0.444 e. The Hall–Kier alpha value is -0.780. The number of nitrogens with zero attached hydrogens (tertiary/aromatic N) is 2. The molecule has 4 rings (SSSR count). The molecular formula is C20H28Cl3N3O. The van der Waals surface area contributed by atoms with Gasteiger partial charge in [0.15, 0.2) is 5.89 Å². The molecule has 4 nitrogen and oxygen atoms in total. The van der Waals surface area contributed by atoms with Crippen LogP contribution < -0.4 is 5.73 Å². The molecule has 1 aromatic heterocycles. The zero-order valence-electron chi connectivity index (χ0n) is 15.6. The summed E-state index contributed by atoms with van der Waals surface area (Å²) in [6.45, 7) is 4.60. The van der Waals surface area contributed by atoms with Crippen LogP contribution >= 0.6 is 36.4 Å². The van der Waals surface area contributed by atoms with E-state index in [1.165, 1.54) is 18.4 Å². The van der Waals surface area contributed by atoms with Crippen LogP contribution in [0.3, 0.4) is 0 Å². The first kappa shape index (κ1) is 22.5. The van der Waals surface area contributed by atoms with Gasteiger partial charge in [-0.25, -0.2) is 4.98 Å². The van der Waals surface area contributed by atoms with E-state index in [9.17, 15) is 0 Å². The molecule has 0 bridgehead atoms. The average molecular weight is 433 g/mol. The molecule has 1 aromatic carbocycles. The van der Waals surface area contributed by atoms with Crippen molar-refractivity contribution in [3.05, 3.63) is 52.2 Å². The van der Waals surface area contributed by atoms with E-state index >= 15 is 0 Å². The highest BCUT2D eigenvalue weighted by molar-refractivity contribution is 6.30. The Morgan fingerprint density at radius 1 is 1.30 bits per heavy atom. The third kappa shape index (κ3) is 4.46. The number of aryl methyl sites for hydroxylation is 1. The second-order valence-electron chi connectivity index (χ2n) is 7.55. The topological polar surface area (TPSA) is 55.3 Å². The summed E-state index contributed by atoms with van der Waals surface area (Å²) in [5.74, 6) is 1.85. The maximum Gasteiger partial charge on any atom is 0.191 e. The van der Waals surface area contributed by atoms with Crippen molar-refractivity contribution in [1.29, 1.82) is 0 Å². The summed E-state index contributed by atoms with van der Waals surface area (Å²) < 4.78 is 5.78. The van der Waals surface area contributed by atoms with Gasteiger partial charge in [-0.1, -0.05) is 23.7 Å². The van der Waals surface area contributed by atoms with Gasteiger partial charge in [0.1, 0.15) is 5.76 Å². The summed E-state index contributed by atoms with van der Waals surface area (Å²) in [6, 6.07) is 8.87. The minimum atomic E-state index is 0. The predicted octanol–water partition coefficient (Wildman–Crippen LogP) is 4.68. The summed E-state index contributed by atoms with van der Waals surface area (Å²) in [5.41, 5.74) is 8.76. The van der Waals surface area contributed by atoms with E-state index in [2.05, 4.69) is 22.0 Å². The molecule has 2 aromatic rings. The van der Waals surface area contributed by atoms with Gasteiger partial charge in [-0.3, -0.25) is 4.90 Å². The molecule has 1 fully saturated rings. The lowest BCUT2D eigenvalue weighted by atomic mass is 9.68. The van der Waals surface area contributed by atoms with Crippen molar-refractivity contribution >= 4 is 36.4 Å². The lowest BCUT2D eigenvalue weighted by molar-refractivity contribution is 0.104. The first-order chi connectivity index (χ1) is 12.1. The van der Waals surface area contributed by atoms with Crippen LogP contribution in [0.2, 0.25) is 5.02 Å². The van der Waals surface area contributed by atoms with Gasteiger partial charge in [0, 0.05) is 42.9 Å². The first-order valence-electron chi connectivity index (χ1n) is 9.25. The SMILES string of the molecule is Cc1nc2c(o1)CN([C@H]1CC[C@](CN)(c3cccc(Cl)c3)CC1)CC2.Cl.Cl. The molecule has 0 radical (unpaired) electrons. The summed E-state index contributed by atoms with van der Waals surface area (Å²) >= 11 is 6.22. The van der Waals surface area contributed by atoms with Crippen LogP contribution in [-0.4, -0.2) is 29.0 Å². The number of nitrogens with two attached hydrogens (primary N) is 1. The van der Waals surface area contributed by atoms with Crippen molar-refractivity contribution in [2.45, 2.75) is 57.0 Å². The molecule has 0 saturated heterocycles. The van der Waals surface area contributed by atoms with Crippen molar-refractivity contribution in [2.24, 2.45) is 5.73 Å². The summed E-state index contributed by atoms with van der Waals surface area (Å²) in [7, 11) is 0. The highest BCUT2D eigenvalue weighted by Crippen LogP contribution is 2.41. The van der Waals surface area contributed by atoms with Crippen molar-refractivity contribution < 1.29 is 4.42 Å². The molecular weight excluding hydrogens is 405 g/mol. The molecule has 0 amide bonds. The Morgan fingerprint density at radius 3 is 2.70 bits per heavy atom. The minimum Gasteiger partial charge on any atom is -0.444 e. The van der Waals surface area contributed by atoms with Crippen LogP contribution in [0, 0.1) is 6.92 Å². The van der Waals surface area contributed by atoms with Crippen molar-refractivity contribution in [3.8, 4) is 0 Å². The average Bonchev–Trinajstić information content (AvgIpc) is 3.01. The molecule has 2 heterocycles.